The molecule has 0 N–H and O–H groups in total. The maximum Gasteiger partial charge on any atom is 0.143 e. The highest BCUT2D eigenvalue weighted by Crippen LogP contribution is 2.37. The number of ketones is 2. The third kappa shape index (κ3) is 9.57. The van der Waals surface area contributed by atoms with Crippen molar-refractivity contribution in [2.75, 3.05) is 13.2 Å². The Hall–Kier alpha value is -1.00. The average Bonchev–Trinajstić information content (AvgIpc) is 2.55. The minimum Gasteiger partial charge on any atom is -0.376 e. The van der Waals surface area contributed by atoms with Crippen molar-refractivity contribution in [3.8, 4) is 0 Å². The highest BCUT2D eigenvalue weighted by Gasteiger charge is 2.44. The zero-order chi connectivity index (χ0) is 23.1. The standard InChI is InChI=1S/C25H46O4/c1-12-15-19(21(27)22(2,3)4)18-29-25(10,11)24(8,9)20(26)16-13-14-17-28-23(5,6)7/h12,19H,1,13-18H2,2-11H3. The van der Waals surface area contributed by atoms with E-state index in [-0.39, 0.29) is 23.1 Å². The molecule has 29 heavy (non-hydrogen) atoms. The van der Waals surface area contributed by atoms with E-state index in [0.717, 1.165) is 12.8 Å². The fourth-order valence-electron chi connectivity index (χ4n) is 2.97. The van der Waals surface area contributed by atoms with E-state index in [2.05, 4.69) is 6.58 Å². The van der Waals surface area contributed by atoms with E-state index in [9.17, 15) is 9.59 Å². The third-order valence-corrected chi connectivity index (χ3v) is 5.74. The summed E-state index contributed by atoms with van der Waals surface area (Å²) in [6.07, 6.45) is 4.51. The van der Waals surface area contributed by atoms with Crippen LogP contribution in [-0.2, 0) is 19.1 Å². The topological polar surface area (TPSA) is 52.6 Å². The molecule has 4 heteroatoms. The van der Waals surface area contributed by atoms with Gasteiger partial charge in [0.05, 0.1) is 23.2 Å². The van der Waals surface area contributed by atoms with Crippen molar-refractivity contribution in [1.29, 1.82) is 0 Å². The molecule has 0 saturated carbocycles. The van der Waals surface area contributed by atoms with Crippen LogP contribution in [0.5, 0.6) is 0 Å². The lowest BCUT2D eigenvalue weighted by molar-refractivity contribution is -0.154. The first kappa shape index (κ1) is 28.0. The van der Waals surface area contributed by atoms with E-state index < -0.39 is 16.4 Å². The molecule has 0 heterocycles. The molecule has 1 unspecified atom stereocenters. The third-order valence-electron chi connectivity index (χ3n) is 5.74. The fourth-order valence-corrected chi connectivity index (χ4v) is 2.97. The molecule has 0 aromatic heterocycles. The van der Waals surface area contributed by atoms with Gasteiger partial charge in [0.15, 0.2) is 0 Å². The van der Waals surface area contributed by atoms with Gasteiger partial charge in [-0.15, -0.1) is 6.58 Å². The summed E-state index contributed by atoms with van der Waals surface area (Å²) in [6.45, 7) is 24.4. The van der Waals surface area contributed by atoms with Gasteiger partial charge in [-0.05, 0) is 53.9 Å². The van der Waals surface area contributed by atoms with Crippen molar-refractivity contribution in [3.63, 3.8) is 0 Å². The van der Waals surface area contributed by atoms with Crippen molar-refractivity contribution < 1.29 is 19.1 Å². The van der Waals surface area contributed by atoms with E-state index in [1.807, 2.05) is 69.2 Å². The van der Waals surface area contributed by atoms with Gasteiger partial charge in [0.2, 0.25) is 0 Å². The number of hydrogen-bond donors (Lipinski definition) is 0. The fraction of sp³-hybridized carbons (Fsp3) is 0.840. The molecule has 0 radical (unpaired) electrons. The Morgan fingerprint density at radius 2 is 1.45 bits per heavy atom. The van der Waals surface area contributed by atoms with Gasteiger partial charge in [-0.25, -0.2) is 0 Å². The van der Waals surface area contributed by atoms with Crippen molar-refractivity contribution in [1.82, 2.24) is 0 Å². The molecule has 0 amide bonds. The first-order valence-electron chi connectivity index (χ1n) is 10.9. The molecule has 0 spiro atoms. The van der Waals surface area contributed by atoms with Crippen LogP contribution in [-0.4, -0.2) is 36.0 Å². The molecular weight excluding hydrogens is 364 g/mol. The summed E-state index contributed by atoms with van der Waals surface area (Å²) in [5.41, 5.74) is -1.90. The molecule has 4 nitrogen and oxygen atoms in total. The van der Waals surface area contributed by atoms with Gasteiger partial charge in [-0.2, -0.15) is 0 Å². The van der Waals surface area contributed by atoms with Gasteiger partial charge in [0.1, 0.15) is 11.6 Å². The van der Waals surface area contributed by atoms with Crippen LogP contribution in [0.4, 0.5) is 0 Å². The lowest BCUT2D eigenvalue weighted by Crippen LogP contribution is -2.48. The first-order chi connectivity index (χ1) is 13.0. The highest BCUT2D eigenvalue weighted by molar-refractivity contribution is 5.86. The number of rotatable bonds is 13. The molecule has 0 saturated heterocycles. The van der Waals surface area contributed by atoms with Crippen molar-refractivity contribution in [2.45, 2.75) is 106 Å². The molecule has 0 aromatic carbocycles. The Morgan fingerprint density at radius 3 is 1.90 bits per heavy atom. The summed E-state index contributed by atoms with van der Waals surface area (Å²) in [5.74, 6) is 0.101. The molecule has 0 aliphatic heterocycles. The summed E-state index contributed by atoms with van der Waals surface area (Å²) < 4.78 is 11.9. The Balaban J connectivity index is 4.86. The van der Waals surface area contributed by atoms with Gasteiger partial charge in [0.25, 0.3) is 0 Å². The molecule has 1 atom stereocenters. The normalized spacial score (nSPS) is 14.6. The van der Waals surface area contributed by atoms with E-state index in [0.29, 0.717) is 26.1 Å². The van der Waals surface area contributed by atoms with E-state index >= 15 is 0 Å². The second kappa shape index (κ2) is 10.9. The maximum absolute atomic E-state index is 12.9. The van der Waals surface area contributed by atoms with Crippen LogP contribution in [0, 0.1) is 16.7 Å². The molecule has 0 fully saturated rings. The van der Waals surface area contributed by atoms with Crippen molar-refractivity contribution in [2.24, 2.45) is 16.7 Å². The highest BCUT2D eigenvalue weighted by atomic mass is 16.5. The van der Waals surface area contributed by atoms with Crippen LogP contribution in [0.1, 0.15) is 94.9 Å². The summed E-state index contributed by atoms with van der Waals surface area (Å²) >= 11 is 0. The van der Waals surface area contributed by atoms with Crippen LogP contribution in [0.25, 0.3) is 0 Å². The molecule has 0 rings (SSSR count). The summed E-state index contributed by atoms with van der Waals surface area (Å²) in [7, 11) is 0. The van der Waals surface area contributed by atoms with Crippen LogP contribution >= 0.6 is 0 Å². The lowest BCUT2D eigenvalue weighted by Gasteiger charge is -2.41. The lowest BCUT2D eigenvalue weighted by atomic mass is 9.72. The van der Waals surface area contributed by atoms with Gasteiger partial charge in [-0.1, -0.05) is 40.7 Å². The molecule has 170 valence electrons. The SMILES string of the molecule is C=CCC(COC(C)(C)C(C)(C)C(=O)CCCCOC(C)(C)C)C(=O)C(C)(C)C. The van der Waals surface area contributed by atoms with Crippen LogP contribution in [0.15, 0.2) is 12.7 Å². The molecular formula is C25H46O4. The first-order valence-corrected chi connectivity index (χ1v) is 10.9. The summed E-state index contributed by atoms with van der Waals surface area (Å²) in [6, 6.07) is 0. The Labute approximate surface area is 179 Å². The quantitative estimate of drug-likeness (QED) is 0.269. The number of hydrogen-bond acceptors (Lipinski definition) is 4. The number of allylic oxidation sites excluding steroid dienone is 1. The number of ether oxygens (including phenoxy) is 2. The van der Waals surface area contributed by atoms with Crippen LogP contribution in [0.3, 0.4) is 0 Å². The predicted octanol–water partition coefficient (Wildman–Crippen LogP) is 6.17. The smallest absolute Gasteiger partial charge is 0.143 e. The van der Waals surface area contributed by atoms with Crippen molar-refractivity contribution in [3.05, 3.63) is 12.7 Å². The number of carbonyl (C=O) groups is 2. The molecule has 0 aliphatic rings. The van der Waals surface area contributed by atoms with E-state index in [1.54, 1.807) is 6.08 Å². The number of carbonyl (C=O) groups excluding carboxylic acids is 2. The Kier molecular flexibility index (Phi) is 10.5. The van der Waals surface area contributed by atoms with Gasteiger partial charge in [-0.3, -0.25) is 9.59 Å². The van der Waals surface area contributed by atoms with Crippen molar-refractivity contribution >= 4 is 11.6 Å². The summed E-state index contributed by atoms with van der Waals surface area (Å²) in [4.78, 5) is 25.7. The predicted molar refractivity (Wildman–Crippen MR) is 121 cm³/mol. The minimum absolute atomic E-state index is 0.147. The number of unbranched alkanes of at least 4 members (excludes halogenated alkanes) is 1. The minimum atomic E-state index is -0.677. The zero-order valence-corrected chi connectivity index (χ0v) is 20.7. The second-order valence-corrected chi connectivity index (χ2v) is 11.1. The van der Waals surface area contributed by atoms with Gasteiger partial charge < -0.3 is 9.47 Å². The van der Waals surface area contributed by atoms with Gasteiger partial charge in [0, 0.05) is 24.4 Å². The van der Waals surface area contributed by atoms with Gasteiger partial charge >= 0.3 is 0 Å². The average molecular weight is 411 g/mol. The second-order valence-electron chi connectivity index (χ2n) is 11.1. The maximum atomic E-state index is 12.9. The molecule has 0 aliphatic carbocycles. The van der Waals surface area contributed by atoms with Crippen LogP contribution in [0.2, 0.25) is 0 Å². The van der Waals surface area contributed by atoms with E-state index in [1.165, 1.54) is 0 Å². The summed E-state index contributed by atoms with van der Waals surface area (Å²) in [5, 5.41) is 0. The van der Waals surface area contributed by atoms with Crippen LogP contribution < -0.4 is 0 Å². The Bertz CT molecular complexity index is 544. The zero-order valence-electron chi connectivity index (χ0n) is 20.7. The number of Topliss-reactive ketones (excluding diaryl/α,β-unsaturated/α-hetero) is 2. The molecule has 0 bridgehead atoms. The Morgan fingerprint density at radius 1 is 0.897 bits per heavy atom. The van der Waals surface area contributed by atoms with E-state index in [4.69, 9.17) is 9.47 Å². The molecule has 0 aromatic rings. The largest absolute Gasteiger partial charge is 0.376 e. The monoisotopic (exact) mass is 410 g/mol.